The summed E-state index contributed by atoms with van der Waals surface area (Å²) in [5, 5.41) is 29.9. The Morgan fingerprint density at radius 2 is 1.94 bits per heavy atom. The lowest BCUT2D eigenvalue weighted by atomic mass is 10.3. The molecule has 98 valence electrons. The smallest absolute Gasteiger partial charge is 0.103 e. The molecule has 0 saturated carbocycles. The van der Waals surface area contributed by atoms with Crippen LogP contribution in [0.3, 0.4) is 0 Å². The molecule has 2 atom stereocenters. The van der Waals surface area contributed by atoms with Crippen LogP contribution in [0.1, 0.15) is 19.3 Å². The monoisotopic (exact) mass is 252 g/mol. The lowest BCUT2D eigenvalue weighted by Gasteiger charge is -2.14. The topological polar surface area (TPSA) is 98.7 Å². The number of hydrogen-bond acceptors (Lipinski definition) is 6. The highest BCUT2D eigenvalue weighted by molar-refractivity contribution is 7.99. The van der Waals surface area contributed by atoms with E-state index in [1.165, 1.54) is 0 Å². The van der Waals surface area contributed by atoms with Crippen molar-refractivity contribution in [3.05, 3.63) is 0 Å². The first-order valence-corrected chi connectivity index (χ1v) is 6.73. The summed E-state index contributed by atoms with van der Waals surface area (Å²) in [6, 6.07) is 0. The van der Waals surface area contributed by atoms with E-state index in [-0.39, 0.29) is 18.5 Å². The molecule has 0 aromatic rings. The molecule has 0 aliphatic rings. The summed E-state index contributed by atoms with van der Waals surface area (Å²) in [7, 11) is 0. The fourth-order valence-electron chi connectivity index (χ4n) is 1.17. The van der Waals surface area contributed by atoms with Gasteiger partial charge in [0, 0.05) is 11.9 Å². The van der Waals surface area contributed by atoms with Crippen LogP contribution in [-0.4, -0.2) is 58.9 Å². The van der Waals surface area contributed by atoms with Gasteiger partial charge in [-0.15, -0.1) is 0 Å². The van der Waals surface area contributed by atoms with Crippen LogP contribution in [0.5, 0.6) is 0 Å². The predicted octanol–water partition coefficient (Wildman–Crippen LogP) is -0.890. The van der Waals surface area contributed by atoms with Crippen molar-refractivity contribution in [2.45, 2.75) is 30.7 Å². The molecule has 0 aromatic heterocycles. The van der Waals surface area contributed by atoms with Crippen molar-refractivity contribution >= 4 is 11.8 Å². The van der Waals surface area contributed by atoms with Crippen LogP contribution in [0, 0.1) is 0 Å². The number of rotatable bonds is 11. The molecule has 0 saturated heterocycles. The van der Waals surface area contributed by atoms with E-state index < -0.39 is 6.23 Å². The van der Waals surface area contributed by atoms with Crippen LogP contribution < -0.4 is 11.1 Å². The van der Waals surface area contributed by atoms with E-state index in [4.69, 9.17) is 21.1 Å². The normalized spacial score (nSPS) is 15.0. The van der Waals surface area contributed by atoms with Gasteiger partial charge in [-0.3, -0.25) is 0 Å². The quantitative estimate of drug-likeness (QED) is 0.242. The molecule has 0 bridgehead atoms. The van der Waals surface area contributed by atoms with E-state index in [2.05, 4.69) is 5.32 Å². The molecule has 5 nitrogen and oxygen atoms in total. The molecular formula is C10H24N2O3S. The lowest BCUT2D eigenvalue weighted by molar-refractivity contribution is 0.179. The van der Waals surface area contributed by atoms with Crippen molar-refractivity contribution in [2.24, 2.45) is 5.73 Å². The molecule has 6 N–H and O–H groups in total. The molecule has 0 spiro atoms. The Bertz CT molecular complexity index is 150. The highest BCUT2D eigenvalue weighted by Gasteiger charge is 2.08. The van der Waals surface area contributed by atoms with E-state index in [0.29, 0.717) is 6.42 Å². The van der Waals surface area contributed by atoms with E-state index in [1.807, 2.05) is 0 Å². The molecule has 0 aromatic carbocycles. The summed E-state index contributed by atoms with van der Waals surface area (Å²) in [6.07, 6.45) is 1.44. The fourth-order valence-corrected chi connectivity index (χ4v) is 2.28. The molecule has 0 aliphatic heterocycles. The number of aliphatic hydroxyl groups excluding tert-OH is 3. The molecule has 0 fully saturated rings. The fraction of sp³-hybridized carbons (Fsp3) is 1.00. The van der Waals surface area contributed by atoms with Crippen LogP contribution in [0.25, 0.3) is 0 Å². The van der Waals surface area contributed by atoms with Crippen LogP contribution in [0.2, 0.25) is 0 Å². The molecule has 0 radical (unpaired) electrons. The zero-order valence-electron chi connectivity index (χ0n) is 9.64. The Morgan fingerprint density at radius 3 is 2.50 bits per heavy atom. The minimum atomic E-state index is -0.755. The summed E-state index contributed by atoms with van der Waals surface area (Å²) in [5.74, 6) is 0.763. The average Bonchev–Trinajstić information content (AvgIpc) is 2.26. The first kappa shape index (κ1) is 16.1. The maximum atomic E-state index is 9.11. The number of hydrogen-bond donors (Lipinski definition) is 5. The van der Waals surface area contributed by atoms with E-state index in [0.717, 1.165) is 31.7 Å². The molecular weight excluding hydrogens is 228 g/mol. The summed E-state index contributed by atoms with van der Waals surface area (Å²) >= 11 is 1.63. The molecule has 0 heterocycles. The molecule has 0 aliphatic carbocycles. The van der Waals surface area contributed by atoms with Crippen LogP contribution in [0.15, 0.2) is 0 Å². The maximum absolute atomic E-state index is 9.11. The highest BCUT2D eigenvalue weighted by Crippen LogP contribution is 2.15. The van der Waals surface area contributed by atoms with Gasteiger partial charge in [-0.2, -0.15) is 11.8 Å². The third-order valence-electron chi connectivity index (χ3n) is 2.13. The highest BCUT2D eigenvalue weighted by atomic mass is 32.2. The van der Waals surface area contributed by atoms with E-state index in [1.54, 1.807) is 11.8 Å². The van der Waals surface area contributed by atoms with Gasteiger partial charge in [-0.25, -0.2) is 0 Å². The molecule has 6 heteroatoms. The molecule has 16 heavy (non-hydrogen) atoms. The Labute approximate surface area is 101 Å². The van der Waals surface area contributed by atoms with Gasteiger partial charge in [0.1, 0.15) is 6.23 Å². The predicted molar refractivity (Wildman–Crippen MR) is 67.3 cm³/mol. The van der Waals surface area contributed by atoms with Gasteiger partial charge in [0.15, 0.2) is 0 Å². The second-order valence-corrected chi connectivity index (χ2v) is 5.06. The first-order valence-electron chi connectivity index (χ1n) is 5.68. The molecule has 1 unspecified atom stereocenters. The summed E-state index contributed by atoms with van der Waals surface area (Å²) in [4.78, 5) is 0. The van der Waals surface area contributed by atoms with Crippen molar-refractivity contribution in [1.29, 1.82) is 0 Å². The van der Waals surface area contributed by atoms with Gasteiger partial charge in [0.25, 0.3) is 0 Å². The van der Waals surface area contributed by atoms with Crippen LogP contribution in [0.4, 0.5) is 0 Å². The number of nitrogens with two attached hydrogens (primary N) is 1. The Morgan fingerprint density at radius 1 is 1.19 bits per heavy atom. The van der Waals surface area contributed by atoms with Crippen molar-refractivity contribution in [2.75, 3.05) is 32.1 Å². The number of aliphatic hydroxyl groups is 3. The van der Waals surface area contributed by atoms with E-state index in [9.17, 15) is 0 Å². The third kappa shape index (κ3) is 10.7. The van der Waals surface area contributed by atoms with Crippen molar-refractivity contribution in [3.8, 4) is 0 Å². The van der Waals surface area contributed by atoms with Gasteiger partial charge in [-0.1, -0.05) is 0 Å². The Kier molecular flexibility index (Phi) is 11.7. The zero-order valence-corrected chi connectivity index (χ0v) is 10.5. The standard InChI is InChI=1S/C10H24N2O3S/c11-10(15)3-7-16-9(8-14)2-5-12-4-1-6-13/h9-10,12-15H,1-8,11H2/t9-,10?/m0/s1. The van der Waals surface area contributed by atoms with Gasteiger partial charge >= 0.3 is 0 Å². The molecule has 0 amide bonds. The minimum Gasteiger partial charge on any atom is -0.396 e. The van der Waals surface area contributed by atoms with Crippen molar-refractivity contribution < 1.29 is 15.3 Å². The third-order valence-corrected chi connectivity index (χ3v) is 3.45. The average molecular weight is 252 g/mol. The van der Waals surface area contributed by atoms with Gasteiger partial charge in [-0.05, 0) is 38.1 Å². The van der Waals surface area contributed by atoms with Crippen LogP contribution >= 0.6 is 11.8 Å². The summed E-state index contributed by atoms with van der Waals surface area (Å²) in [5.41, 5.74) is 5.22. The number of nitrogens with one attached hydrogen (secondary N) is 1. The Balaban J connectivity index is 3.36. The first-order chi connectivity index (χ1) is 7.70. The lowest BCUT2D eigenvalue weighted by Crippen LogP contribution is -2.24. The second kappa shape index (κ2) is 11.6. The largest absolute Gasteiger partial charge is 0.396 e. The van der Waals surface area contributed by atoms with Gasteiger partial charge in [0.2, 0.25) is 0 Å². The van der Waals surface area contributed by atoms with Crippen LogP contribution in [-0.2, 0) is 0 Å². The van der Waals surface area contributed by atoms with Crippen molar-refractivity contribution in [1.82, 2.24) is 5.32 Å². The minimum absolute atomic E-state index is 0.146. The van der Waals surface area contributed by atoms with Gasteiger partial charge in [0.05, 0.1) is 6.61 Å². The summed E-state index contributed by atoms with van der Waals surface area (Å²) < 4.78 is 0. The van der Waals surface area contributed by atoms with Gasteiger partial charge < -0.3 is 26.4 Å². The Hall–Kier alpha value is 0.150. The SMILES string of the molecule is NC(O)CCS[C@H](CO)CCNCCCO. The molecule has 0 rings (SSSR count). The summed E-state index contributed by atoms with van der Waals surface area (Å²) in [6.45, 7) is 2.00. The van der Waals surface area contributed by atoms with E-state index >= 15 is 0 Å². The van der Waals surface area contributed by atoms with Crippen molar-refractivity contribution in [3.63, 3.8) is 0 Å². The maximum Gasteiger partial charge on any atom is 0.103 e. The zero-order chi connectivity index (χ0) is 12.2. The number of thioether (sulfide) groups is 1. The second-order valence-electron chi connectivity index (χ2n) is 3.65.